The Labute approximate surface area is 166 Å². The van der Waals surface area contributed by atoms with Gasteiger partial charge in [-0.2, -0.15) is 5.10 Å². The molecule has 1 aromatic heterocycles. The summed E-state index contributed by atoms with van der Waals surface area (Å²) in [4.78, 5) is 16.9. The summed E-state index contributed by atoms with van der Waals surface area (Å²) in [6.07, 6.45) is 3.95. The zero-order valence-electron chi connectivity index (χ0n) is 14.9. The molecule has 0 unspecified atom stereocenters. The number of thiazole rings is 1. The van der Waals surface area contributed by atoms with Gasteiger partial charge in [0.05, 0.1) is 15.9 Å². The molecule has 1 N–H and O–H groups in total. The Morgan fingerprint density at radius 1 is 1.19 bits per heavy atom. The number of carbonyl (C=O) groups excluding carboxylic acids is 1. The summed E-state index contributed by atoms with van der Waals surface area (Å²) in [5, 5.41) is 4.20. The van der Waals surface area contributed by atoms with E-state index in [-0.39, 0.29) is 5.91 Å². The molecular formula is C21H19N3OS2. The van der Waals surface area contributed by atoms with Crippen molar-refractivity contribution < 1.29 is 4.79 Å². The molecule has 0 radical (unpaired) electrons. The molecule has 1 heterocycles. The SMILES string of the molecule is CC1=C/C(=N\NC(=O)c2ccc(CSc3nc4ccccc4s3)cc2)CC1. The number of hydrazone groups is 1. The number of aromatic nitrogens is 1. The summed E-state index contributed by atoms with van der Waals surface area (Å²) in [5.74, 6) is 0.652. The van der Waals surface area contributed by atoms with Crippen LogP contribution < -0.4 is 5.43 Å². The van der Waals surface area contributed by atoms with Gasteiger partial charge in [0.2, 0.25) is 0 Å². The first-order chi connectivity index (χ1) is 13.2. The molecule has 0 atom stereocenters. The fourth-order valence-electron chi connectivity index (χ4n) is 2.84. The van der Waals surface area contributed by atoms with Crippen molar-refractivity contribution in [2.45, 2.75) is 29.9 Å². The van der Waals surface area contributed by atoms with Gasteiger partial charge in [-0.05, 0) is 55.7 Å². The van der Waals surface area contributed by atoms with Gasteiger partial charge in [0.1, 0.15) is 0 Å². The number of carbonyl (C=O) groups is 1. The minimum Gasteiger partial charge on any atom is -0.267 e. The number of hydrogen-bond donors (Lipinski definition) is 1. The van der Waals surface area contributed by atoms with Crippen LogP contribution in [0.2, 0.25) is 0 Å². The molecule has 1 amide bonds. The lowest BCUT2D eigenvalue weighted by Crippen LogP contribution is -2.18. The van der Waals surface area contributed by atoms with Crippen molar-refractivity contribution in [3.8, 4) is 0 Å². The topological polar surface area (TPSA) is 54.4 Å². The van der Waals surface area contributed by atoms with Gasteiger partial charge in [-0.3, -0.25) is 4.79 Å². The first-order valence-electron chi connectivity index (χ1n) is 8.79. The van der Waals surface area contributed by atoms with E-state index in [0.29, 0.717) is 5.56 Å². The maximum Gasteiger partial charge on any atom is 0.271 e. The van der Waals surface area contributed by atoms with Gasteiger partial charge in [-0.1, -0.05) is 41.6 Å². The average molecular weight is 394 g/mol. The highest BCUT2D eigenvalue weighted by Gasteiger charge is 2.09. The lowest BCUT2D eigenvalue weighted by Gasteiger charge is -2.03. The van der Waals surface area contributed by atoms with Crippen LogP contribution in [0.1, 0.15) is 35.7 Å². The second-order valence-electron chi connectivity index (χ2n) is 6.47. The molecule has 0 saturated heterocycles. The number of rotatable bonds is 5. The van der Waals surface area contributed by atoms with Gasteiger partial charge in [-0.25, -0.2) is 10.4 Å². The van der Waals surface area contributed by atoms with Gasteiger partial charge in [0, 0.05) is 11.3 Å². The number of thioether (sulfide) groups is 1. The molecule has 0 aliphatic heterocycles. The first kappa shape index (κ1) is 17.9. The van der Waals surface area contributed by atoms with E-state index in [9.17, 15) is 4.79 Å². The van der Waals surface area contributed by atoms with Gasteiger partial charge in [0.15, 0.2) is 4.34 Å². The van der Waals surface area contributed by atoms with Crippen LogP contribution >= 0.6 is 23.1 Å². The van der Waals surface area contributed by atoms with Crippen molar-refractivity contribution >= 4 is 44.9 Å². The lowest BCUT2D eigenvalue weighted by atomic mass is 10.1. The second-order valence-corrected chi connectivity index (χ2v) is 8.72. The van der Waals surface area contributed by atoms with E-state index >= 15 is 0 Å². The van der Waals surface area contributed by atoms with Crippen molar-refractivity contribution in [3.63, 3.8) is 0 Å². The Hall–Kier alpha value is -2.44. The maximum atomic E-state index is 12.2. The molecule has 136 valence electrons. The Bertz CT molecular complexity index is 1000. The van der Waals surface area contributed by atoms with Gasteiger partial charge < -0.3 is 0 Å². The monoisotopic (exact) mass is 393 g/mol. The summed E-state index contributed by atoms with van der Waals surface area (Å²) < 4.78 is 2.27. The van der Waals surface area contributed by atoms with Crippen molar-refractivity contribution in [1.29, 1.82) is 0 Å². The number of para-hydroxylation sites is 1. The third kappa shape index (κ3) is 4.46. The van der Waals surface area contributed by atoms with Crippen LogP contribution in [0.4, 0.5) is 0 Å². The van der Waals surface area contributed by atoms with E-state index in [2.05, 4.69) is 28.5 Å². The zero-order valence-corrected chi connectivity index (χ0v) is 16.6. The minimum atomic E-state index is -0.175. The van der Waals surface area contributed by atoms with Crippen LogP contribution in [0, 0.1) is 0 Å². The van der Waals surface area contributed by atoms with Crippen LogP contribution in [0.3, 0.4) is 0 Å². The van der Waals surface area contributed by atoms with E-state index in [1.54, 1.807) is 23.1 Å². The van der Waals surface area contributed by atoms with Gasteiger partial charge in [0.25, 0.3) is 5.91 Å². The van der Waals surface area contributed by atoms with Crippen molar-refractivity contribution in [2.75, 3.05) is 0 Å². The molecule has 0 fully saturated rings. The number of nitrogens with zero attached hydrogens (tertiary/aromatic N) is 2. The quantitative estimate of drug-likeness (QED) is 0.465. The molecule has 0 saturated carbocycles. The Kier molecular flexibility index (Phi) is 5.36. The van der Waals surface area contributed by atoms with Crippen molar-refractivity contribution in [1.82, 2.24) is 10.4 Å². The van der Waals surface area contributed by atoms with Crippen LogP contribution in [-0.2, 0) is 5.75 Å². The third-order valence-electron chi connectivity index (χ3n) is 4.34. The summed E-state index contributed by atoms with van der Waals surface area (Å²) in [6.45, 7) is 2.08. The molecular weight excluding hydrogens is 374 g/mol. The summed E-state index contributed by atoms with van der Waals surface area (Å²) in [6, 6.07) is 15.8. The highest BCUT2D eigenvalue weighted by atomic mass is 32.2. The molecule has 1 aliphatic carbocycles. The Balaban J connectivity index is 1.35. The van der Waals surface area contributed by atoms with Crippen LogP contribution in [0.5, 0.6) is 0 Å². The molecule has 1 aliphatic rings. The minimum absolute atomic E-state index is 0.175. The summed E-state index contributed by atoms with van der Waals surface area (Å²) in [7, 11) is 0. The average Bonchev–Trinajstić information content (AvgIpc) is 3.30. The normalized spacial score (nSPS) is 15.3. The van der Waals surface area contributed by atoms with Crippen molar-refractivity contribution in [3.05, 3.63) is 71.3 Å². The highest BCUT2D eigenvalue weighted by Crippen LogP contribution is 2.31. The Morgan fingerprint density at radius 3 is 2.74 bits per heavy atom. The number of nitrogens with one attached hydrogen (secondary N) is 1. The highest BCUT2D eigenvalue weighted by molar-refractivity contribution is 8.00. The third-order valence-corrected chi connectivity index (χ3v) is 6.59. The van der Waals surface area contributed by atoms with Gasteiger partial charge >= 0.3 is 0 Å². The predicted octanol–water partition coefficient (Wildman–Crippen LogP) is 5.41. The zero-order chi connectivity index (χ0) is 18.6. The fraction of sp³-hybridized carbons (Fsp3) is 0.190. The van der Waals surface area contributed by atoms with E-state index < -0.39 is 0 Å². The van der Waals surface area contributed by atoms with Gasteiger partial charge in [-0.15, -0.1) is 11.3 Å². The largest absolute Gasteiger partial charge is 0.271 e. The number of benzene rings is 2. The summed E-state index contributed by atoms with van der Waals surface area (Å²) in [5.41, 5.74) is 7.71. The smallest absolute Gasteiger partial charge is 0.267 e. The molecule has 0 bridgehead atoms. The lowest BCUT2D eigenvalue weighted by molar-refractivity contribution is 0.0955. The summed E-state index contributed by atoms with van der Waals surface area (Å²) >= 11 is 3.43. The second kappa shape index (κ2) is 8.06. The molecule has 3 aromatic rings. The number of hydrogen-bond acceptors (Lipinski definition) is 5. The number of amides is 1. The molecule has 0 spiro atoms. The maximum absolute atomic E-state index is 12.2. The van der Waals surface area contributed by atoms with E-state index in [1.165, 1.54) is 10.3 Å². The Morgan fingerprint density at radius 2 is 2.00 bits per heavy atom. The molecule has 27 heavy (non-hydrogen) atoms. The molecule has 2 aromatic carbocycles. The first-order valence-corrected chi connectivity index (χ1v) is 10.6. The standard InChI is InChI=1S/C21H19N3OS2/c1-14-6-11-17(12-14)23-24-20(25)16-9-7-15(8-10-16)13-26-21-22-18-4-2-3-5-19(18)27-21/h2-5,7-10,12H,6,11,13H2,1H3,(H,24,25)/b23-17-. The van der Waals surface area contributed by atoms with Crippen LogP contribution in [0.25, 0.3) is 10.2 Å². The molecule has 4 nitrogen and oxygen atoms in total. The van der Waals surface area contributed by atoms with Crippen LogP contribution in [-0.4, -0.2) is 16.6 Å². The molecule has 4 rings (SSSR count). The number of allylic oxidation sites excluding steroid dienone is 2. The molecule has 6 heteroatoms. The fourth-order valence-corrected chi connectivity index (χ4v) is 4.86. The van der Waals surface area contributed by atoms with Crippen molar-refractivity contribution in [2.24, 2.45) is 5.10 Å². The van der Waals surface area contributed by atoms with E-state index in [0.717, 1.165) is 39.7 Å². The number of fused-ring (bicyclic) bond motifs is 1. The van der Waals surface area contributed by atoms with E-state index in [1.807, 2.05) is 48.5 Å². The predicted molar refractivity (Wildman–Crippen MR) is 114 cm³/mol. The van der Waals surface area contributed by atoms with E-state index in [4.69, 9.17) is 0 Å². The van der Waals surface area contributed by atoms with Crippen LogP contribution in [0.15, 0.2) is 69.6 Å².